The van der Waals surface area contributed by atoms with Crippen molar-refractivity contribution in [3.63, 3.8) is 0 Å². The van der Waals surface area contributed by atoms with E-state index in [1.165, 1.54) is 12.1 Å². The van der Waals surface area contributed by atoms with E-state index in [2.05, 4.69) is 0 Å². The van der Waals surface area contributed by atoms with Crippen molar-refractivity contribution >= 4 is 11.4 Å². The van der Waals surface area contributed by atoms with Crippen molar-refractivity contribution in [3.8, 4) is 0 Å². The van der Waals surface area contributed by atoms with Gasteiger partial charge in [0, 0.05) is 24.5 Å². The van der Waals surface area contributed by atoms with Crippen molar-refractivity contribution in [2.45, 2.75) is 13.0 Å². The molecule has 2 N–H and O–H groups in total. The summed E-state index contributed by atoms with van der Waals surface area (Å²) in [5, 5.41) is 0. The summed E-state index contributed by atoms with van der Waals surface area (Å²) in [6, 6.07) is 14.4. The highest BCUT2D eigenvalue weighted by Crippen LogP contribution is 2.29. The summed E-state index contributed by atoms with van der Waals surface area (Å²) in [7, 11) is 1.95. The Bertz CT molecular complexity index is 520. The summed E-state index contributed by atoms with van der Waals surface area (Å²) in [4.78, 5) is 2.01. The molecule has 0 fully saturated rings. The lowest BCUT2D eigenvalue weighted by molar-refractivity contribution is 0.628. The van der Waals surface area contributed by atoms with Gasteiger partial charge in [0.05, 0.1) is 0 Å². The summed E-state index contributed by atoms with van der Waals surface area (Å²) >= 11 is 0. The van der Waals surface area contributed by atoms with Gasteiger partial charge in [-0.05, 0) is 42.8 Å². The molecule has 0 amide bonds. The van der Waals surface area contributed by atoms with Crippen molar-refractivity contribution in [1.29, 1.82) is 0 Å². The molecule has 2 nitrogen and oxygen atoms in total. The molecule has 0 heterocycles. The van der Waals surface area contributed by atoms with Gasteiger partial charge in [-0.15, -0.1) is 0 Å². The number of benzene rings is 2. The molecule has 2 rings (SSSR count). The lowest BCUT2D eigenvalue weighted by Gasteiger charge is -2.24. The molecule has 0 aromatic heterocycles. The Morgan fingerprint density at radius 1 is 1.06 bits per heavy atom. The molecule has 0 saturated carbocycles. The summed E-state index contributed by atoms with van der Waals surface area (Å²) in [5.74, 6) is -0.229. The maximum Gasteiger partial charge on any atom is 0.123 e. The van der Waals surface area contributed by atoms with Gasteiger partial charge in [-0.2, -0.15) is 0 Å². The Morgan fingerprint density at radius 2 is 1.67 bits per heavy atom. The average Bonchev–Trinajstić information content (AvgIpc) is 2.39. The quantitative estimate of drug-likeness (QED) is 0.893. The van der Waals surface area contributed by atoms with Gasteiger partial charge in [0.15, 0.2) is 0 Å². The van der Waals surface area contributed by atoms with Crippen molar-refractivity contribution in [2.75, 3.05) is 11.9 Å². The molecule has 0 unspecified atom stereocenters. The Labute approximate surface area is 107 Å². The van der Waals surface area contributed by atoms with Gasteiger partial charge in [-0.1, -0.05) is 18.2 Å². The fraction of sp³-hybridized carbons (Fsp3) is 0.200. The first-order chi connectivity index (χ1) is 8.59. The van der Waals surface area contributed by atoms with Gasteiger partial charge < -0.3 is 10.6 Å². The molecule has 18 heavy (non-hydrogen) atoms. The van der Waals surface area contributed by atoms with E-state index in [9.17, 15) is 4.39 Å². The molecule has 3 heteroatoms. The zero-order valence-corrected chi connectivity index (χ0v) is 10.6. The van der Waals surface area contributed by atoms with Gasteiger partial charge in [0.1, 0.15) is 5.82 Å². The molecular weight excluding hydrogens is 227 g/mol. The second kappa shape index (κ2) is 5.19. The number of rotatable bonds is 3. The Balaban J connectivity index is 2.39. The molecular formula is C15H17FN2. The van der Waals surface area contributed by atoms with Crippen LogP contribution in [0.2, 0.25) is 0 Å². The third-order valence-corrected chi connectivity index (χ3v) is 3.00. The Hall–Kier alpha value is -1.87. The van der Waals surface area contributed by atoms with Gasteiger partial charge in [-0.25, -0.2) is 4.39 Å². The highest BCUT2D eigenvalue weighted by Gasteiger charge is 2.11. The highest BCUT2D eigenvalue weighted by molar-refractivity contribution is 5.66. The molecule has 2 aromatic rings. The first-order valence-corrected chi connectivity index (χ1v) is 5.93. The zero-order chi connectivity index (χ0) is 13.1. The minimum absolute atomic E-state index is 0.0379. The number of nitrogens with zero attached hydrogens (tertiary/aromatic N) is 1. The predicted octanol–water partition coefficient (Wildman–Crippen LogP) is 3.61. The van der Waals surface area contributed by atoms with Gasteiger partial charge >= 0.3 is 0 Å². The molecule has 0 bridgehead atoms. The Morgan fingerprint density at radius 3 is 2.28 bits per heavy atom. The van der Waals surface area contributed by atoms with E-state index in [4.69, 9.17) is 5.73 Å². The lowest BCUT2D eigenvalue weighted by atomic mass is 10.1. The predicted molar refractivity (Wildman–Crippen MR) is 73.5 cm³/mol. The summed E-state index contributed by atoms with van der Waals surface area (Å²) < 4.78 is 12.9. The van der Waals surface area contributed by atoms with Crippen LogP contribution < -0.4 is 10.6 Å². The van der Waals surface area contributed by atoms with Crippen LogP contribution in [0.5, 0.6) is 0 Å². The minimum Gasteiger partial charge on any atom is -0.344 e. The maximum absolute atomic E-state index is 12.9. The van der Waals surface area contributed by atoms with Crippen molar-refractivity contribution in [2.24, 2.45) is 5.73 Å². The number of para-hydroxylation sites is 1. The van der Waals surface area contributed by atoms with Crippen LogP contribution in [0.3, 0.4) is 0 Å². The summed E-state index contributed by atoms with van der Waals surface area (Å²) in [5.41, 5.74) is 9.02. The van der Waals surface area contributed by atoms with E-state index in [0.29, 0.717) is 0 Å². The minimum atomic E-state index is -0.229. The van der Waals surface area contributed by atoms with E-state index in [1.807, 2.05) is 43.1 Å². The van der Waals surface area contributed by atoms with Crippen LogP contribution in [-0.4, -0.2) is 7.05 Å². The molecule has 0 aliphatic rings. The average molecular weight is 244 g/mol. The molecule has 1 atom stereocenters. The molecule has 0 saturated heterocycles. The van der Waals surface area contributed by atoms with Crippen molar-refractivity contribution < 1.29 is 4.39 Å². The van der Waals surface area contributed by atoms with E-state index in [0.717, 1.165) is 16.9 Å². The van der Waals surface area contributed by atoms with Crippen molar-refractivity contribution in [3.05, 3.63) is 59.9 Å². The third kappa shape index (κ3) is 2.51. The first-order valence-electron chi connectivity index (χ1n) is 5.93. The highest BCUT2D eigenvalue weighted by atomic mass is 19.1. The monoisotopic (exact) mass is 244 g/mol. The zero-order valence-electron chi connectivity index (χ0n) is 10.6. The van der Waals surface area contributed by atoms with Crippen LogP contribution in [0.4, 0.5) is 15.8 Å². The van der Waals surface area contributed by atoms with Crippen LogP contribution in [-0.2, 0) is 0 Å². The Kier molecular flexibility index (Phi) is 3.63. The first kappa shape index (κ1) is 12.6. The maximum atomic E-state index is 12.9. The van der Waals surface area contributed by atoms with Crippen molar-refractivity contribution in [1.82, 2.24) is 0 Å². The SMILES string of the molecule is C[C@@H](N)c1ccccc1N(C)c1ccc(F)cc1. The van der Waals surface area contributed by atoms with Gasteiger partial charge in [0.25, 0.3) is 0 Å². The normalized spacial score (nSPS) is 12.2. The fourth-order valence-corrected chi connectivity index (χ4v) is 1.98. The van der Waals surface area contributed by atoms with Crippen LogP contribution in [0.25, 0.3) is 0 Å². The van der Waals surface area contributed by atoms with E-state index >= 15 is 0 Å². The number of hydrogen-bond donors (Lipinski definition) is 1. The molecule has 0 spiro atoms. The molecule has 2 aromatic carbocycles. The fourth-order valence-electron chi connectivity index (χ4n) is 1.98. The van der Waals surface area contributed by atoms with E-state index in [1.54, 1.807) is 12.1 Å². The van der Waals surface area contributed by atoms with Crippen LogP contribution in [0, 0.1) is 5.82 Å². The third-order valence-electron chi connectivity index (χ3n) is 3.00. The standard InChI is InChI=1S/C15H17FN2/c1-11(17)14-5-3-4-6-15(14)18(2)13-9-7-12(16)8-10-13/h3-11H,17H2,1-2H3/t11-/m1/s1. The smallest absolute Gasteiger partial charge is 0.123 e. The van der Waals surface area contributed by atoms with Crippen LogP contribution in [0.1, 0.15) is 18.5 Å². The van der Waals surface area contributed by atoms with Crippen LogP contribution >= 0.6 is 0 Å². The summed E-state index contributed by atoms with van der Waals surface area (Å²) in [6.07, 6.45) is 0. The van der Waals surface area contributed by atoms with E-state index in [-0.39, 0.29) is 11.9 Å². The molecule has 0 aliphatic carbocycles. The number of hydrogen-bond acceptors (Lipinski definition) is 2. The second-order valence-electron chi connectivity index (χ2n) is 4.38. The number of nitrogens with two attached hydrogens (primary N) is 1. The van der Waals surface area contributed by atoms with Gasteiger partial charge in [-0.3, -0.25) is 0 Å². The lowest BCUT2D eigenvalue weighted by Crippen LogP contribution is -2.15. The summed E-state index contributed by atoms with van der Waals surface area (Å²) in [6.45, 7) is 1.96. The second-order valence-corrected chi connectivity index (χ2v) is 4.38. The number of anilines is 2. The number of halogens is 1. The van der Waals surface area contributed by atoms with E-state index < -0.39 is 0 Å². The molecule has 0 aliphatic heterocycles. The van der Waals surface area contributed by atoms with Crippen LogP contribution in [0.15, 0.2) is 48.5 Å². The largest absolute Gasteiger partial charge is 0.344 e. The topological polar surface area (TPSA) is 29.3 Å². The van der Waals surface area contributed by atoms with Gasteiger partial charge in [0.2, 0.25) is 0 Å². The molecule has 94 valence electrons. The molecule has 0 radical (unpaired) electrons.